The summed E-state index contributed by atoms with van der Waals surface area (Å²) in [7, 11) is 0. The number of hydrogen-bond donors (Lipinski definition) is 0. The Morgan fingerprint density at radius 3 is 2.26 bits per heavy atom. The van der Waals surface area contributed by atoms with Crippen molar-refractivity contribution in [1.29, 1.82) is 0 Å². The van der Waals surface area contributed by atoms with Gasteiger partial charge in [0.1, 0.15) is 5.78 Å². The van der Waals surface area contributed by atoms with Gasteiger partial charge >= 0.3 is 0 Å². The van der Waals surface area contributed by atoms with Gasteiger partial charge in [-0.1, -0.05) is 45.9 Å². The molecule has 1 aromatic rings. The van der Waals surface area contributed by atoms with Crippen molar-refractivity contribution < 1.29 is 4.79 Å². The summed E-state index contributed by atoms with van der Waals surface area (Å²) in [6, 6.07) is 6.64. The van der Waals surface area contributed by atoms with Gasteiger partial charge in [-0.25, -0.2) is 0 Å². The molecule has 1 aliphatic carbocycles. The van der Waals surface area contributed by atoms with Crippen LogP contribution in [-0.2, 0) is 22.0 Å². The van der Waals surface area contributed by atoms with Crippen LogP contribution in [0.5, 0.6) is 0 Å². The average Bonchev–Trinajstić information content (AvgIpc) is 2.44. The van der Waals surface area contributed by atoms with E-state index in [0.29, 0.717) is 0 Å². The van der Waals surface area contributed by atoms with Crippen LogP contribution in [0.2, 0.25) is 0 Å². The van der Waals surface area contributed by atoms with Crippen LogP contribution >= 0.6 is 0 Å². The summed E-state index contributed by atoms with van der Waals surface area (Å²) in [4.78, 5) is 11.8. The third-order valence-electron chi connectivity index (χ3n) is 5.70. The maximum Gasteiger partial charge on any atom is 0.139 e. The second-order valence-corrected chi connectivity index (χ2v) is 7.74. The van der Waals surface area contributed by atoms with Gasteiger partial charge in [0.25, 0.3) is 0 Å². The highest BCUT2D eigenvalue weighted by molar-refractivity contribution is 5.87. The van der Waals surface area contributed by atoms with Gasteiger partial charge in [-0.3, -0.25) is 4.79 Å². The summed E-state index contributed by atoms with van der Waals surface area (Å²) in [6.07, 6.45) is 1.09. The molecular weight excluding hydrogens is 232 g/mol. The minimum Gasteiger partial charge on any atom is -0.299 e. The zero-order chi connectivity index (χ0) is 14.6. The van der Waals surface area contributed by atoms with Crippen LogP contribution in [0.15, 0.2) is 18.2 Å². The molecule has 0 N–H and O–H groups in total. The van der Waals surface area contributed by atoms with E-state index in [0.717, 1.165) is 12.0 Å². The van der Waals surface area contributed by atoms with E-state index in [-0.39, 0.29) is 22.0 Å². The molecule has 0 spiro atoms. The maximum absolute atomic E-state index is 11.8. The molecule has 0 amide bonds. The topological polar surface area (TPSA) is 17.1 Å². The van der Waals surface area contributed by atoms with Crippen LogP contribution in [0.1, 0.15) is 65.2 Å². The Morgan fingerprint density at radius 2 is 1.74 bits per heavy atom. The number of rotatable bonds is 2. The average molecular weight is 258 g/mol. The van der Waals surface area contributed by atoms with Gasteiger partial charge in [0.15, 0.2) is 0 Å². The zero-order valence-corrected chi connectivity index (χ0v) is 13.3. The molecule has 0 atom stereocenters. The molecule has 0 radical (unpaired) electrons. The lowest BCUT2D eigenvalue weighted by atomic mass is 9.68. The van der Waals surface area contributed by atoms with Crippen LogP contribution in [0, 0.1) is 5.41 Å². The highest BCUT2D eigenvalue weighted by Crippen LogP contribution is 2.51. The van der Waals surface area contributed by atoms with Crippen LogP contribution in [0.4, 0.5) is 0 Å². The van der Waals surface area contributed by atoms with E-state index < -0.39 is 0 Å². The van der Waals surface area contributed by atoms with E-state index >= 15 is 0 Å². The summed E-state index contributed by atoms with van der Waals surface area (Å²) < 4.78 is 0. The molecular formula is C18H26O. The molecule has 1 heteroatoms. The van der Waals surface area contributed by atoms with Crippen LogP contribution in [0.25, 0.3) is 0 Å². The second kappa shape index (κ2) is 3.94. The minimum atomic E-state index is -0.383. The highest BCUT2D eigenvalue weighted by Gasteiger charge is 2.45. The molecule has 2 rings (SSSR count). The minimum absolute atomic E-state index is 0.196. The van der Waals surface area contributed by atoms with Gasteiger partial charge in [0.05, 0.1) is 0 Å². The largest absolute Gasteiger partial charge is 0.299 e. The number of carbonyl (C=O) groups excluding carboxylic acids is 1. The van der Waals surface area contributed by atoms with E-state index in [9.17, 15) is 4.79 Å². The number of benzene rings is 1. The van der Waals surface area contributed by atoms with E-state index in [1.165, 1.54) is 11.1 Å². The molecule has 0 saturated heterocycles. The number of hydrogen-bond acceptors (Lipinski definition) is 1. The van der Waals surface area contributed by atoms with Gasteiger partial charge in [-0.15, -0.1) is 0 Å². The summed E-state index contributed by atoms with van der Waals surface area (Å²) in [5.41, 5.74) is 4.09. The third kappa shape index (κ3) is 1.94. The van der Waals surface area contributed by atoms with Crippen molar-refractivity contribution in [2.45, 2.75) is 65.7 Å². The Hall–Kier alpha value is -1.11. The molecule has 1 aliphatic rings. The molecule has 104 valence electrons. The Balaban J connectivity index is 2.54. The van der Waals surface area contributed by atoms with E-state index in [4.69, 9.17) is 0 Å². The third-order valence-corrected chi connectivity index (χ3v) is 5.70. The lowest BCUT2D eigenvalue weighted by Gasteiger charge is -2.35. The van der Waals surface area contributed by atoms with Gasteiger partial charge in [-0.2, -0.15) is 0 Å². The van der Waals surface area contributed by atoms with Crippen molar-refractivity contribution in [3.05, 3.63) is 34.9 Å². The van der Waals surface area contributed by atoms with Crippen molar-refractivity contribution >= 4 is 5.78 Å². The van der Waals surface area contributed by atoms with E-state index in [1.54, 1.807) is 6.92 Å². The van der Waals surface area contributed by atoms with Crippen molar-refractivity contribution in [3.8, 4) is 0 Å². The van der Waals surface area contributed by atoms with Crippen LogP contribution < -0.4 is 0 Å². The first-order chi connectivity index (χ1) is 8.50. The Bertz CT molecular complexity index is 533. The highest BCUT2D eigenvalue weighted by atomic mass is 16.1. The number of ketones is 1. The Labute approximate surface area is 117 Å². The fourth-order valence-electron chi connectivity index (χ4n) is 3.00. The number of carbonyl (C=O) groups is 1. The summed E-state index contributed by atoms with van der Waals surface area (Å²) >= 11 is 0. The quantitative estimate of drug-likeness (QED) is 0.767. The molecule has 19 heavy (non-hydrogen) atoms. The number of fused-ring (bicyclic) bond motifs is 1. The molecule has 0 bridgehead atoms. The normalized spacial score (nSPS) is 20.2. The molecule has 0 unspecified atom stereocenters. The maximum atomic E-state index is 11.8. The van der Waals surface area contributed by atoms with E-state index in [1.807, 2.05) is 13.8 Å². The molecule has 0 saturated carbocycles. The first-order valence-corrected chi connectivity index (χ1v) is 7.15. The lowest BCUT2D eigenvalue weighted by molar-refractivity contribution is -0.121. The van der Waals surface area contributed by atoms with Gasteiger partial charge in [-0.05, 0) is 54.7 Å². The van der Waals surface area contributed by atoms with Crippen molar-refractivity contribution in [2.75, 3.05) is 0 Å². The first-order valence-electron chi connectivity index (χ1n) is 7.15. The summed E-state index contributed by atoms with van der Waals surface area (Å²) in [6.45, 7) is 15.0. The molecule has 0 heterocycles. The Morgan fingerprint density at radius 1 is 1.16 bits per heavy atom. The molecule has 0 aromatic heterocycles. The van der Waals surface area contributed by atoms with Crippen LogP contribution in [0.3, 0.4) is 0 Å². The van der Waals surface area contributed by atoms with Crippen molar-refractivity contribution in [3.63, 3.8) is 0 Å². The van der Waals surface area contributed by atoms with Gasteiger partial charge in [0, 0.05) is 5.41 Å². The smallest absolute Gasteiger partial charge is 0.139 e. The molecule has 0 fully saturated rings. The summed E-state index contributed by atoms with van der Waals surface area (Å²) in [5.74, 6) is 0.226. The Kier molecular flexibility index (Phi) is 2.97. The van der Waals surface area contributed by atoms with Crippen molar-refractivity contribution in [2.24, 2.45) is 5.41 Å². The summed E-state index contributed by atoms with van der Waals surface area (Å²) in [5, 5.41) is 0. The second-order valence-electron chi connectivity index (χ2n) is 7.74. The molecule has 1 aromatic carbocycles. The number of Topliss-reactive ketones (excluding diaryl/α,β-unsaturated/α-hetero) is 1. The zero-order valence-electron chi connectivity index (χ0n) is 13.3. The van der Waals surface area contributed by atoms with Gasteiger partial charge < -0.3 is 0 Å². The fourth-order valence-corrected chi connectivity index (χ4v) is 3.00. The van der Waals surface area contributed by atoms with Crippen molar-refractivity contribution in [1.82, 2.24) is 0 Å². The predicted octanol–water partition coefficient (Wildman–Crippen LogP) is 4.41. The first kappa shape index (κ1) is 14.3. The monoisotopic (exact) mass is 258 g/mol. The SMILES string of the molecule is CC(=O)C(C)(C)c1ccc2c(c1)CC(C)(C)C2(C)C. The lowest BCUT2D eigenvalue weighted by Crippen LogP contribution is -2.32. The predicted molar refractivity (Wildman–Crippen MR) is 80.7 cm³/mol. The standard InChI is InChI=1S/C18H26O/c1-12(19)17(4,5)14-8-9-15-13(10-14)11-16(2,3)18(15,6)7/h8-10H,11H2,1-7H3. The van der Waals surface area contributed by atoms with Gasteiger partial charge in [0.2, 0.25) is 0 Å². The molecule has 1 nitrogen and oxygen atoms in total. The van der Waals surface area contributed by atoms with E-state index in [2.05, 4.69) is 45.9 Å². The fraction of sp³-hybridized carbons (Fsp3) is 0.611. The van der Waals surface area contributed by atoms with Crippen LogP contribution in [-0.4, -0.2) is 5.78 Å². The molecule has 0 aliphatic heterocycles.